The van der Waals surface area contributed by atoms with Gasteiger partial charge in [-0.05, 0) is 36.9 Å². The van der Waals surface area contributed by atoms with E-state index in [0.29, 0.717) is 5.56 Å². The third-order valence-corrected chi connectivity index (χ3v) is 4.56. The summed E-state index contributed by atoms with van der Waals surface area (Å²) in [6.45, 7) is 2.81. The van der Waals surface area contributed by atoms with Crippen molar-refractivity contribution in [3.63, 3.8) is 0 Å². The van der Waals surface area contributed by atoms with Crippen molar-refractivity contribution in [2.75, 3.05) is 6.54 Å². The van der Waals surface area contributed by atoms with Crippen LogP contribution in [0.5, 0.6) is 0 Å². The zero-order valence-electron chi connectivity index (χ0n) is 10.4. The molecule has 1 heterocycles. The molecule has 0 aliphatic rings. The highest BCUT2D eigenvalue weighted by molar-refractivity contribution is 9.10. The second kappa shape index (κ2) is 6.84. The van der Waals surface area contributed by atoms with E-state index in [4.69, 9.17) is 11.6 Å². The van der Waals surface area contributed by atoms with Crippen molar-refractivity contribution >= 4 is 38.9 Å². The van der Waals surface area contributed by atoms with Crippen LogP contribution < -0.4 is 5.32 Å². The molecule has 5 heteroatoms. The third-order valence-electron chi connectivity index (χ3n) is 2.82. The second-order valence-corrected chi connectivity index (χ2v) is 6.90. The Morgan fingerprint density at radius 2 is 2.16 bits per heavy atom. The minimum atomic E-state index is -0.184. The molecular formula is C14H14BrClFNS. The molecule has 0 radical (unpaired) electrons. The average Bonchev–Trinajstić information content (AvgIpc) is 2.77. The molecule has 0 saturated carbocycles. The van der Waals surface area contributed by atoms with Gasteiger partial charge in [0.15, 0.2) is 0 Å². The molecule has 0 amide bonds. The molecule has 1 atom stereocenters. The molecule has 1 aromatic carbocycles. The van der Waals surface area contributed by atoms with Crippen LogP contribution >= 0.6 is 38.9 Å². The minimum Gasteiger partial charge on any atom is -0.310 e. The fourth-order valence-corrected chi connectivity index (χ4v) is 3.49. The smallest absolute Gasteiger partial charge is 0.128 e. The molecule has 2 rings (SSSR count). The summed E-state index contributed by atoms with van der Waals surface area (Å²) in [5.74, 6) is -0.184. The van der Waals surface area contributed by atoms with Crippen molar-refractivity contribution in [2.24, 2.45) is 0 Å². The summed E-state index contributed by atoms with van der Waals surface area (Å²) >= 11 is 10.9. The summed E-state index contributed by atoms with van der Waals surface area (Å²) < 4.78 is 15.6. The molecule has 1 aromatic heterocycles. The zero-order chi connectivity index (χ0) is 13.8. The first-order chi connectivity index (χ1) is 9.10. The first-order valence-corrected chi connectivity index (χ1v) is 8.01. The molecular weight excluding hydrogens is 349 g/mol. The predicted octanol–water partition coefficient (Wildman–Crippen LogP) is 5.20. The number of likely N-dealkylation sites (N-methyl/N-ethyl adjacent to an activating group) is 1. The van der Waals surface area contributed by atoms with Crippen molar-refractivity contribution in [2.45, 2.75) is 19.4 Å². The molecule has 19 heavy (non-hydrogen) atoms. The van der Waals surface area contributed by atoms with Gasteiger partial charge in [0.2, 0.25) is 0 Å². The number of hydrogen-bond donors (Lipinski definition) is 1. The molecule has 0 fully saturated rings. The maximum absolute atomic E-state index is 14.0. The molecule has 1 unspecified atom stereocenters. The number of nitrogens with one attached hydrogen (secondary N) is 1. The SMILES string of the molecule is CCNC(Cc1ccc(Cl)s1)c1cc(Br)ccc1F. The van der Waals surface area contributed by atoms with Crippen LogP contribution in [0, 0.1) is 5.82 Å². The Morgan fingerprint density at radius 1 is 1.37 bits per heavy atom. The van der Waals surface area contributed by atoms with E-state index in [2.05, 4.69) is 21.2 Å². The Balaban J connectivity index is 2.26. The first-order valence-electron chi connectivity index (χ1n) is 6.02. The highest BCUT2D eigenvalue weighted by Gasteiger charge is 2.16. The van der Waals surface area contributed by atoms with Crippen molar-refractivity contribution in [1.29, 1.82) is 0 Å². The molecule has 1 N–H and O–H groups in total. The van der Waals surface area contributed by atoms with Crippen LogP contribution in [0.4, 0.5) is 4.39 Å². The number of hydrogen-bond acceptors (Lipinski definition) is 2. The molecule has 1 nitrogen and oxygen atoms in total. The predicted molar refractivity (Wildman–Crippen MR) is 83.6 cm³/mol. The van der Waals surface area contributed by atoms with Crippen molar-refractivity contribution in [3.05, 3.63) is 55.4 Å². The van der Waals surface area contributed by atoms with E-state index in [1.54, 1.807) is 6.07 Å². The van der Waals surface area contributed by atoms with E-state index < -0.39 is 0 Å². The van der Waals surface area contributed by atoms with Gasteiger partial charge in [-0.1, -0.05) is 34.5 Å². The number of rotatable bonds is 5. The highest BCUT2D eigenvalue weighted by atomic mass is 79.9. The maximum atomic E-state index is 14.0. The summed E-state index contributed by atoms with van der Waals surface area (Å²) in [5.41, 5.74) is 0.681. The van der Waals surface area contributed by atoms with Gasteiger partial charge in [-0.15, -0.1) is 11.3 Å². The quantitative estimate of drug-likeness (QED) is 0.771. The lowest BCUT2D eigenvalue weighted by Crippen LogP contribution is -2.23. The molecule has 0 bridgehead atoms. The normalized spacial score (nSPS) is 12.6. The van der Waals surface area contributed by atoms with E-state index >= 15 is 0 Å². The van der Waals surface area contributed by atoms with Crippen LogP contribution in [-0.4, -0.2) is 6.54 Å². The Kier molecular flexibility index (Phi) is 5.39. The zero-order valence-corrected chi connectivity index (χ0v) is 13.6. The van der Waals surface area contributed by atoms with Crippen molar-refractivity contribution in [3.8, 4) is 0 Å². The van der Waals surface area contributed by atoms with Crippen LogP contribution in [-0.2, 0) is 6.42 Å². The van der Waals surface area contributed by atoms with Gasteiger partial charge in [0, 0.05) is 27.4 Å². The summed E-state index contributed by atoms with van der Waals surface area (Å²) in [4.78, 5) is 1.15. The van der Waals surface area contributed by atoms with Gasteiger partial charge in [-0.3, -0.25) is 0 Å². The van der Waals surface area contributed by atoms with Crippen molar-refractivity contribution < 1.29 is 4.39 Å². The molecule has 102 valence electrons. The summed E-state index contributed by atoms with van der Waals surface area (Å²) in [6, 6.07) is 8.86. The van der Waals surface area contributed by atoms with Crippen LogP contribution in [0.2, 0.25) is 4.34 Å². The van der Waals surface area contributed by atoms with Crippen LogP contribution in [0.1, 0.15) is 23.4 Å². The maximum Gasteiger partial charge on any atom is 0.128 e. The van der Waals surface area contributed by atoms with Gasteiger partial charge in [0.1, 0.15) is 5.82 Å². The Morgan fingerprint density at radius 3 is 2.79 bits per heavy atom. The number of benzene rings is 1. The van der Waals surface area contributed by atoms with Crippen LogP contribution in [0.3, 0.4) is 0 Å². The van der Waals surface area contributed by atoms with Crippen LogP contribution in [0.15, 0.2) is 34.8 Å². The van der Waals surface area contributed by atoms with Gasteiger partial charge in [0.25, 0.3) is 0 Å². The number of halogens is 3. The van der Waals surface area contributed by atoms with Gasteiger partial charge in [-0.25, -0.2) is 4.39 Å². The van der Waals surface area contributed by atoms with Gasteiger partial charge >= 0.3 is 0 Å². The summed E-state index contributed by atoms with van der Waals surface area (Å²) in [5, 5.41) is 3.33. The van der Waals surface area contributed by atoms with E-state index in [9.17, 15) is 4.39 Å². The van der Waals surface area contributed by atoms with E-state index in [0.717, 1.165) is 26.7 Å². The Bertz CT molecular complexity index is 558. The van der Waals surface area contributed by atoms with Gasteiger partial charge in [-0.2, -0.15) is 0 Å². The largest absolute Gasteiger partial charge is 0.310 e. The highest BCUT2D eigenvalue weighted by Crippen LogP contribution is 2.29. The lowest BCUT2D eigenvalue weighted by molar-refractivity contribution is 0.512. The van der Waals surface area contributed by atoms with Gasteiger partial charge < -0.3 is 5.32 Å². The molecule has 2 aromatic rings. The van der Waals surface area contributed by atoms with E-state index in [1.165, 1.54) is 17.4 Å². The first kappa shape index (κ1) is 15.0. The molecule has 0 aliphatic heterocycles. The van der Waals surface area contributed by atoms with Gasteiger partial charge in [0.05, 0.1) is 4.34 Å². The topological polar surface area (TPSA) is 12.0 Å². The van der Waals surface area contributed by atoms with E-state index in [1.807, 2.05) is 25.1 Å². The van der Waals surface area contributed by atoms with Crippen LogP contribution in [0.25, 0.3) is 0 Å². The summed E-state index contributed by atoms with van der Waals surface area (Å²) in [7, 11) is 0. The second-order valence-electron chi connectivity index (χ2n) is 4.19. The molecule has 0 saturated heterocycles. The number of thiophene rings is 1. The van der Waals surface area contributed by atoms with E-state index in [-0.39, 0.29) is 11.9 Å². The molecule has 0 aliphatic carbocycles. The summed E-state index contributed by atoms with van der Waals surface area (Å²) in [6.07, 6.45) is 0.735. The standard InChI is InChI=1S/C14H14BrClFNS/c1-2-18-13(8-10-4-6-14(16)19-10)11-7-9(15)3-5-12(11)17/h3-7,13,18H,2,8H2,1H3. The average molecular weight is 363 g/mol. The molecule has 0 spiro atoms. The van der Waals surface area contributed by atoms with Crippen molar-refractivity contribution in [1.82, 2.24) is 5.32 Å². The fraction of sp³-hybridized carbons (Fsp3) is 0.286. The Labute approximate surface area is 129 Å². The lowest BCUT2D eigenvalue weighted by atomic mass is 10.0. The monoisotopic (exact) mass is 361 g/mol. The lowest BCUT2D eigenvalue weighted by Gasteiger charge is -2.18. The fourth-order valence-electron chi connectivity index (χ4n) is 1.98. The Hall–Kier alpha value is -0.420. The third kappa shape index (κ3) is 4.02. The minimum absolute atomic E-state index is 0.0442.